The Balaban J connectivity index is 2.03. The molecule has 19 heavy (non-hydrogen) atoms. The molecule has 1 aromatic rings. The van der Waals surface area contributed by atoms with Crippen molar-refractivity contribution < 1.29 is 13.2 Å². The summed E-state index contributed by atoms with van der Waals surface area (Å²) in [7, 11) is -3.26. The molecule has 0 N–H and O–H groups in total. The highest BCUT2D eigenvalue weighted by Crippen LogP contribution is 2.16. The second kappa shape index (κ2) is 6.36. The Morgan fingerprint density at radius 2 is 1.95 bits per heavy atom. The van der Waals surface area contributed by atoms with E-state index in [1.807, 2.05) is 0 Å². The second-order valence-electron chi connectivity index (χ2n) is 4.55. The molecule has 6 heteroatoms. The highest BCUT2D eigenvalue weighted by Gasteiger charge is 2.19. The average Bonchev–Trinajstić information content (AvgIpc) is 2.40. The number of anilines is 1. The first-order valence-electron chi connectivity index (χ1n) is 6.31. The Bertz CT molecular complexity index is 484. The molecular formula is C13H19N2O3S. The number of ether oxygens (including phenoxy) is 1. The summed E-state index contributed by atoms with van der Waals surface area (Å²) in [4.78, 5) is 2.22. The third-order valence-corrected chi connectivity index (χ3v) is 4.31. The molecule has 1 heterocycles. The number of morpholine rings is 1. The van der Waals surface area contributed by atoms with Crippen LogP contribution in [0.2, 0.25) is 0 Å². The van der Waals surface area contributed by atoms with Crippen molar-refractivity contribution in [2.24, 2.45) is 0 Å². The van der Waals surface area contributed by atoms with Crippen LogP contribution < -0.4 is 4.31 Å². The molecule has 1 radical (unpaired) electrons. The Hall–Kier alpha value is -1.11. The summed E-state index contributed by atoms with van der Waals surface area (Å²) in [5.74, 6) is 0. The summed E-state index contributed by atoms with van der Waals surface area (Å²) >= 11 is 0. The summed E-state index contributed by atoms with van der Waals surface area (Å²) in [5, 5.41) is 0. The van der Waals surface area contributed by atoms with E-state index in [9.17, 15) is 8.42 Å². The van der Waals surface area contributed by atoms with Gasteiger partial charge < -0.3 is 4.74 Å². The van der Waals surface area contributed by atoms with Gasteiger partial charge in [-0.15, -0.1) is 0 Å². The lowest BCUT2D eigenvalue weighted by atomic mass is 10.3. The van der Waals surface area contributed by atoms with E-state index in [2.05, 4.69) is 11.0 Å². The molecular weight excluding hydrogens is 264 g/mol. The molecule has 2 rings (SSSR count). The first-order valence-corrected chi connectivity index (χ1v) is 8.16. The van der Waals surface area contributed by atoms with Crippen LogP contribution in [0.5, 0.6) is 0 Å². The van der Waals surface area contributed by atoms with Crippen LogP contribution >= 0.6 is 0 Å². The third kappa shape index (κ3) is 4.19. The van der Waals surface area contributed by atoms with E-state index in [1.165, 1.54) is 10.6 Å². The van der Waals surface area contributed by atoms with Crippen molar-refractivity contribution in [1.82, 2.24) is 4.90 Å². The summed E-state index contributed by atoms with van der Waals surface area (Å²) in [5.41, 5.74) is 0.689. The van der Waals surface area contributed by atoms with Gasteiger partial charge in [0.1, 0.15) is 0 Å². The monoisotopic (exact) mass is 283 g/mol. The van der Waals surface area contributed by atoms with E-state index < -0.39 is 10.0 Å². The Morgan fingerprint density at radius 1 is 1.32 bits per heavy atom. The molecule has 1 aliphatic heterocycles. The molecule has 1 fully saturated rings. The van der Waals surface area contributed by atoms with Crippen molar-refractivity contribution in [3.05, 3.63) is 30.3 Å². The smallest absolute Gasteiger partial charge is 0.232 e. The van der Waals surface area contributed by atoms with Crippen LogP contribution in [-0.4, -0.2) is 59.0 Å². The van der Waals surface area contributed by atoms with Gasteiger partial charge in [-0.2, -0.15) is 0 Å². The summed E-state index contributed by atoms with van der Waals surface area (Å²) in [6.07, 6.45) is 1.24. The minimum absolute atomic E-state index is 0.461. The molecule has 0 atom stereocenters. The van der Waals surface area contributed by atoms with E-state index >= 15 is 0 Å². The molecule has 0 bridgehead atoms. The highest BCUT2D eigenvalue weighted by molar-refractivity contribution is 7.92. The van der Waals surface area contributed by atoms with Gasteiger partial charge in [0.2, 0.25) is 10.0 Å². The van der Waals surface area contributed by atoms with Crippen molar-refractivity contribution >= 4 is 15.7 Å². The second-order valence-corrected chi connectivity index (χ2v) is 6.45. The molecule has 0 amide bonds. The first kappa shape index (κ1) is 14.3. The molecule has 1 aliphatic rings. The highest BCUT2D eigenvalue weighted by atomic mass is 32.2. The van der Waals surface area contributed by atoms with Gasteiger partial charge in [0.05, 0.1) is 25.2 Å². The number of hydrogen-bond acceptors (Lipinski definition) is 4. The first-order chi connectivity index (χ1) is 9.07. The van der Waals surface area contributed by atoms with Gasteiger partial charge in [-0.3, -0.25) is 9.21 Å². The van der Waals surface area contributed by atoms with Crippen molar-refractivity contribution in [3.8, 4) is 0 Å². The van der Waals surface area contributed by atoms with Gasteiger partial charge in [0, 0.05) is 26.2 Å². The standard InChI is InChI=1S/C13H19N2O3S/c1-19(16,17)15(13-5-3-2-4-6-13)8-7-14-9-11-18-12-10-14/h3-6H,7-12H2,1H3. The van der Waals surface area contributed by atoms with E-state index in [-0.39, 0.29) is 0 Å². The predicted molar refractivity (Wildman–Crippen MR) is 74.7 cm³/mol. The lowest BCUT2D eigenvalue weighted by Gasteiger charge is -2.30. The van der Waals surface area contributed by atoms with Gasteiger partial charge in [-0.05, 0) is 18.2 Å². The fraction of sp³-hybridized carbons (Fsp3) is 0.538. The van der Waals surface area contributed by atoms with Gasteiger partial charge in [0.15, 0.2) is 0 Å². The summed E-state index contributed by atoms with van der Waals surface area (Å²) in [6.45, 7) is 4.34. The zero-order valence-electron chi connectivity index (χ0n) is 11.1. The van der Waals surface area contributed by atoms with Gasteiger partial charge in [-0.1, -0.05) is 12.1 Å². The molecule has 0 aromatic heterocycles. The molecule has 0 spiro atoms. The zero-order chi connectivity index (χ0) is 13.7. The van der Waals surface area contributed by atoms with Gasteiger partial charge in [-0.25, -0.2) is 8.42 Å². The van der Waals surface area contributed by atoms with E-state index in [0.29, 0.717) is 12.2 Å². The molecule has 5 nitrogen and oxygen atoms in total. The molecule has 1 aromatic carbocycles. The number of hydrogen-bond donors (Lipinski definition) is 0. The minimum Gasteiger partial charge on any atom is -0.379 e. The van der Waals surface area contributed by atoms with Crippen molar-refractivity contribution in [2.45, 2.75) is 0 Å². The Labute approximate surface area is 114 Å². The summed E-state index contributed by atoms with van der Waals surface area (Å²) < 4.78 is 30.5. The fourth-order valence-corrected chi connectivity index (χ4v) is 3.01. The maximum atomic E-state index is 11.9. The van der Waals surface area contributed by atoms with Crippen LogP contribution in [0.4, 0.5) is 5.69 Å². The van der Waals surface area contributed by atoms with Crippen LogP contribution in [0, 0.1) is 6.07 Å². The molecule has 105 valence electrons. The van der Waals surface area contributed by atoms with Crippen LogP contribution in [0.3, 0.4) is 0 Å². The number of nitrogens with zero attached hydrogens (tertiary/aromatic N) is 2. The maximum Gasteiger partial charge on any atom is 0.232 e. The lowest BCUT2D eigenvalue weighted by molar-refractivity contribution is 0.0395. The lowest BCUT2D eigenvalue weighted by Crippen LogP contribution is -2.42. The number of benzene rings is 1. The van der Waals surface area contributed by atoms with Gasteiger partial charge >= 0.3 is 0 Å². The van der Waals surface area contributed by atoms with Crippen LogP contribution in [0.1, 0.15) is 0 Å². The molecule has 0 aliphatic carbocycles. The van der Waals surface area contributed by atoms with Crippen molar-refractivity contribution in [2.75, 3.05) is 50.0 Å². The predicted octanol–water partition coefficient (Wildman–Crippen LogP) is 0.585. The topological polar surface area (TPSA) is 49.9 Å². The van der Waals surface area contributed by atoms with E-state index in [4.69, 9.17) is 4.74 Å². The fourth-order valence-electron chi connectivity index (χ4n) is 2.09. The van der Waals surface area contributed by atoms with Crippen LogP contribution in [-0.2, 0) is 14.8 Å². The Morgan fingerprint density at radius 3 is 2.53 bits per heavy atom. The van der Waals surface area contributed by atoms with E-state index in [0.717, 1.165) is 32.8 Å². The quantitative estimate of drug-likeness (QED) is 0.793. The van der Waals surface area contributed by atoms with E-state index in [1.54, 1.807) is 24.3 Å². The van der Waals surface area contributed by atoms with Crippen LogP contribution in [0.15, 0.2) is 24.3 Å². The molecule has 1 saturated heterocycles. The molecule has 0 unspecified atom stereocenters. The maximum absolute atomic E-state index is 11.9. The third-order valence-electron chi connectivity index (χ3n) is 3.11. The Kier molecular flexibility index (Phi) is 4.79. The van der Waals surface area contributed by atoms with Crippen molar-refractivity contribution in [3.63, 3.8) is 0 Å². The largest absolute Gasteiger partial charge is 0.379 e. The average molecular weight is 283 g/mol. The van der Waals surface area contributed by atoms with Crippen LogP contribution in [0.25, 0.3) is 0 Å². The number of rotatable bonds is 5. The van der Waals surface area contributed by atoms with Crippen molar-refractivity contribution in [1.29, 1.82) is 0 Å². The summed E-state index contributed by atoms with van der Waals surface area (Å²) in [6, 6.07) is 9.87. The van der Waals surface area contributed by atoms with Gasteiger partial charge in [0.25, 0.3) is 0 Å². The minimum atomic E-state index is -3.26. The normalized spacial score (nSPS) is 17.3. The number of sulfonamides is 1. The molecule has 0 saturated carbocycles. The SMILES string of the molecule is CS(=O)(=O)N(CCN1CCOCC1)c1cc[c]cc1. The zero-order valence-corrected chi connectivity index (χ0v) is 11.9.